The summed E-state index contributed by atoms with van der Waals surface area (Å²) in [5, 5.41) is 5.94. The number of nitrogens with one attached hydrogen (secondary N) is 2. The molecule has 1 rings (SSSR count). The number of amides is 1. The highest BCUT2D eigenvalue weighted by Crippen LogP contribution is 2.05. The zero-order chi connectivity index (χ0) is 14.1. The molecular weight excluding hydrogens is 243 g/mol. The molecule has 0 aliphatic carbocycles. The second kappa shape index (κ2) is 8.64. The molecule has 1 unspecified atom stereocenters. The molecular formula is C15H23FN2O. The van der Waals surface area contributed by atoms with Crippen molar-refractivity contribution in [3.63, 3.8) is 0 Å². The maximum atomic E-state index is 13.3. The van der Waals surface area contributed by atoms with E-state index in [0.717, 1.165) is 12.8 Å². The van der Waals surface area contributed by atoms with Crippen molar-refractivity contribution in [1.29, 1.82) is 0 Å². The predicted octanol–water partition coefficient (Wildman–Crippen LogP) is 2.26. The second-order valence-corrected chi connectivity index (χ2v) is 4.78. The SMILES string of the molecule is CCCC(C)NC(=O)CNCCc1ccccc1F. The molecule has 0 aromatic heterocycles. The molecule has 1 aromatic rings. The number of hydrogen-bond donors (Lipinski definition) is 2. The van der Waals surface area contributed by atoms with Crippen molar-refractivity contribution < 1.29 is 9.18 Å². The largest absolute Gasteiger partial charge is 0.353 e. The van der Waals surface area contributed by atoms with E-state index in [-0.39, 0.29) is 24.3 Å². The van der Waals surface area contributed by atoms with Gasteiger partial charge in [-0.3, -0.25) is 4.79 Å². The second-order valence-electron chi connectivity index (χ2n) is 4.78. The smallest absolute Gasteiger partial charge is 0.234 e. The van der Waals surface area contributed by atoms with Crippen molar-refractivity contribution in [3.05, 3.63) is 35.6 Å². The van der Waals surface area contributed by atoms with Crippen molar-refractivity contribution in [2.75, 3.05) is 13.1 Å². The number of benzene rings is 1. The Morgan fingerprint density at radius 2 is 2.11 bits per heavy atom. The maximum Gasteiger partial charge on any atom is 0.234 e. The van der Waals surface area contributed by atoms with E-state index in [1.807, 2.05) is 13.0 Å². The highest BCUT2D eigenvalue weighted by molar-refractivity contribution is 5.78. The summed E-state index contributed by atoms with van der Waals surface area (Å²) in [6.45, 7) is 4.97. The summed E-state index contributed by atoms with van der Waals surface area (Å²) in [6.07, 6.45) is 2.63. The molecule has 1 amide bonds. The number of rotatable bonds is 8. The van der Waals surface area contributed by atoms with Gasteiger partial charge in [0.15, 0.2) is 0 Å². The maximum absolute atomic E-state index is 13.3. The summed E-state index contributed by atoms with van der Waals surface area (Å²) in [6, 6.07) is 6.92. The van der Waals surface area contributed by atoms with Gasteiger partial charge in [-0.05, 0) is 37.9 Å². The van der Waals surface area contributed by atoms with Crippen LogP contribution in [-0.4, -0.2) is 25.0 Å². The molecule has 0 bridgehead atoms. The van der Waals surface area contributed by atoms with Crippen LogP contribution in [-0.2, 0) is 11.2 Å². The summed E-state index contributed by atoms with van der Waals surface area (Å²) in [5.74, 6) is -0.195. The van der Waals surface area contributed by atoms with Crippen LogP contribution in [0.15, 0.2) is 24.3 Å². The lowest BCUT2D eigenvalue weighted by Crippen LogP contribution is -2.39. The Balaban J connectivity index is 2.17. The highest BCUT2D eigenvalue weighted by Gasteiger charge is 2.06. The van der Waals surface area contributed by atoms with Crippen LogP contribution in [0.25, 0.3) is 0 Å². The van der Waals surface area contributed by atoms with Crippen LogP contribution in [0.3, 0.4) is 0 Å². The Bertz CT molecular complexity index is 395. The molecule has 0 saturated heterocycles. The lowest BCUT2D eigenvalue weighted by atomic mass is 10.1. The van der Waals surface area contributed by atoms with Crippen LogP contribution in [0.2, 0.25) is 0 Å². The standard InChI is InChI=1S/C15H23FN2O/c1-3-6-12(2)18-15(19)11-17-10-9-13-7-4-5-8-14(13)16/h4-5,7-8,12,17H,3,6,9-11H2,1-2H3,(H,18,19). The highest BCUT2D eigenvalue weighted by atomic mass is 19.1. The van der Waals surface area contributed by atoms with Gasteiger partial charge in [-0.2, -0.15) is 0 Å². The molecule has 2 N–H and O–H groups in total. The molecule has 4 heteroatoms. The summed E-state index contributed by atoms with van der Waals surface area (Å²) < 4.78 is 13.3. The number of carbonyl (C=O) groups excluding carboxylic acids is 1. The van der Waals surface area contributed by atoms with Gasteiger partial charge in [-0.25, -0.2) is 4.39 Å². The lowest BCUT2D eigenvalue weighted by molar-refractivity contribution is -0.120. The van der Waals surface area contributed by atoms with Crippen molar-refractivity contribution in [1.82, 2.24) is 10.6 Å². The first kappa shape index (κ1) is 15.6. The summed E-state index contributed by atoms with van der Waals surface area (Å²) >= 11 is 0. The summed E-state index contributed by atoms with van der Waals surface area (Å²) in [5.41, 5.74) is 0.676. The Hall–Kier alpha value is -1.42. The Kier molecular flexibility index (Phi) is 7.11. The van der Waals surface area contributed by atoms with Gasteiger partial charge in [-0.15, -0.1) is 0 Å². The molecule has 19 heavy (non-hydrogen) atoms. The van der Waals surface area contributed by atoms with E-state index in [2.05, 4.69) is 17.6 Å². The van der Waals surface area contributed by atoms with Crippen LogP contribution in [0.4, 0.5) is 4.39 Å². The molecule has 0 heterocycles. The average Bonchev–Trinajstić information content (AvgIpc) is 2.36. The molecule has 106 valence electrons. The molecule has 3 nitrogen and oxygen atoms in total. The van der Waals surface area contributed by atoms with Crippen molar-refractivity contribution >= 4 is 5.91 Å². The first-order valence-electron chi connectivity index (χ1n) is 6.87. The summed E-state index contributed by atoms with van der Waals surface area (Å²) in [4.78, 5) is 11.6. The van der Waals surface area contributed by atoms with Gasteiger partial charge in [0, 0.05) is 6.04 Å². The van der Waals surface area contributed by atoms with Gasteiger partial charge in [0.25, 0.3) is 0 Å². The molecule has 0 aliphatic heterocycles. The van der Waals surface area contributed by atoms with Gasteiger partial charge >= 0.3 is 0 Å². The van der Waals surface area contributed by atoms with E-state index in [0.29, 0.717) is 18.5 Å². The van der Waals surface area contributed by atoms with Gasteiger partial charge in [0.1, 0.15) is 5.82 Å². The molecule has 0 fully saturated rings. The van der Waals surface area contributed by atoms with Crippen molar-refractivity contribution in [2.24, 2.45) is 0 Å². The molecule has 0 radical (unpaired) electrons. The van der Waals surface area contributed by atoms with E-state index in [1.165, 1.54) is 6.07 Å². The molecule has 0 saturated carbocycles. The lowest BCUT2D eigenvalue weighted by Gasteiger charge is -2.13. The Labute approximate surface area is 114 Å². The topological polar surface area (TPSA) is 41.1 Å². The minimum atomic E-state index is -0.190. The molecule has 0 spiro atoms. The zero-order valence-corrected chi connectivity index (χ0v) is 11.7. The number of halogens is 1. The van der Waals surface area contributed by atoms with Crippen LogP contribution in [0, 0.1) is 5.82 Å². The van der Waals surface area contributed by atoms with Gasteiger partial charge < -0.3 is 10.6 Å². The Morgan fingerprint density at radius 3 is 2.79 bits per heavy atom. The van der Waals surface area contributed by atoms with Crippen LogP contribution in [0.5, 0.6) is 0 Å². The van der Waals surface area contributed by atoms with E-state index in [1.54, 1.807) is 12.1 Å². The van der Waals surface area contributed by atoms with Crippen LogP contribution < -0.4 is 10.6 Å². The summed E-state index contributed by atoms with van der Waals surface area (Å²) in [7, 11) is 0. The van der Waals surface area contributed by atoms with E-state index in [4.69, 9.17) is 0 Å². The van der Waals surface area contributed by atoms with E-state index >= 15 is 0 Å². The predicted molar refractivity (Wildman–Crippen MR) is 75.5 cm³/mol. The monoisotopic (exact) mass is 266 g/mol. The first-order valence-corrected chi connectivity index (χ1v) is 6.87. The normalized spacial score (nSPS) is 12.2. The van der Waals surface area contributed by atoms with Gasteiger partial charge in [-0.1, -0.05) is 31.5 Å². The number of carbonyl (C=O) groups is 1. The fourth-order valence-electron chi connectivity index (χ4n) is 1.96. The zero-order valence-electron chi connectivity index (χ0n) is 11.7. The minimum Gasteiger partial charge on any atom is -0.353 e. The number of hydrogen-bond acceptors (Lipinski definition) is 2. The average molecular weight is 266 g/mol. The third-order valence-corrected chi connectivity index (χ3v) is 2.94. The third-order valence-electron chi connectivity index (χ3n) is 2.94. The quantitative estimate of drug-likeness (QED) is 0.709. The van der Waals surface area contributed by atoms with Crippen molar-refractivity contribution in [3.8, 4) is 0 Å². The first-order chi connectivity index (χ1) is 9.13. The van der Waals surface area contributed by atoms with Crippen LogP contribution in [0.1, 0.15) is 32.3 Å². The van der Waals surface area contributed by atoms with E-state index < -0.39 is 0 Å². The fraction of sp³-hybridized carbons (Fsp3) is 0.533. The molecule has 1 aromatic carbocycles. The van der Waals surface area contributed by atoms with Crippen molar-refractivity contribution in [2.45, 2.75) is 39.2 Å². The van der Waals surface area contributed by atoms with E-state index in [9.17, 15) is 9.18 Å². The fourth-order valence-corrected chi connectivity index (χ4v) is 1.96. The van der Waals surface area contributed by atoms with Gasteiger partial charge in [0.2, 0.25) is 5.91 Å². The van der Waals surface area contributed by atoms with Crippen LogP contribution >= 0.6 is 0 Å². The molecule has 1 atom stereocenters. The third kappa shape index (κ3) is 6.34. The Morgan fingerprint density at radius 1 is 1.37 bits per heavy atom. The minimum absolute atomic E-state index is 0.00511. The molecule has 0 aliphatic rings. The van der Waals surface area contributed by atoms with Gasteiger partial charge in [0.05, 0.1) is 6.54 Å².